The fraction of sp³-hybridized carbons (Fsp3) is 0.333. The number of nitrogens with one attached hydrogen (secondary N) is 2. The first-order valence-corrected chi connectivity index (χ1v) is 6.87. The van der Waals surface area contributed by atoms with Gasteiger partial charge in [0, 0.05) is 31.2 Å². The van der Waals surface area contributed by atoms with Crippen molar-refractivity contribution < 1.29 is 4.79 Å². The Morgan fingerprint density at radius 1 is 1.35 bits per heavy atom. The van der Waals surface area contributed by atoms with Crippen LogP contribution in [0.3, 0.4) is 0 Å². The van der Waals surface area contributed by atoms with Crippen LogP contribution >= 0.6 is 0 Å². The predicted molar refractivity (Wildman–Crippen MR) is 77.4 cm³/mol. The lowest BCUT2D eigenvalue weighted by Crippen LogP contribution is -2.51. The zero-order chi connectivity index (χ0) is 13.9. The highest BCUT2D eigenvalue weighted by Gasteiger charge is 2.24. The van der Waals surface area contributed by atoms with Crippen LogP contribution in [0.4, 0.5) is 0 Å². The Morgan fingerprint density at radius 3 is 2.90 bits per heavy atom. The molecule has 3 rings (SSSR count). The molecule has 5 heteroatoms. The van der Waals surface area contributed by atoms with Crippen LogP contribution in [0.15, 0.2) is 36.5 Å². The van der Waals surface area contributed by atoms with E-state index in [2.05, 4.69) is 22.4 Å². The molecule has 1 fully saturated rings. The van der Waals surface area contributed by atoms with Gasteiger partial charge in [-0.1, -0.05) is 30.3 Å². The van der Waals surface area contributed by atoms with Crippen molar-refractivity contribution in [2.75, 3.05) is 19.6 Å². The monoisotopic (exact) mass is 270 g/mol. The van der Waals surface area contributed by atoms with Crippen molar-refractivity contribution in [2.24, 2.45) is 0 Å². The van der Waals surface area contributed by atoms with E-state index >= 15 is 0 Å². The first-order chi connectivity index (χ1) is 9.75. The quantitative estimate of drug-likeness (QED) is 0.869. The largest absolute Gasteiger partial charge is 0.336 e. The number of carbonyl (C=O) groups is 1. The summed E-state index contributed by atoms with van der Waals surface area (Å²) >= 11 is 0. The van der Waals surface area contributed by atoms with E-state index < -0.39 is 0 Å². The third-order valence-corrected chi connectivity index (χ3v) is 3.59. The minimum absolute atomic E-state index is 0.0472. The summed E-state index contributed by atoms with van der Waals surface area (Å²) in [5.41, 5.74) is 2.42. The van der Waals surface area contributed by atoms with Gasteiger partial charge >= 0.3 is 0 Å². The number of aromatic amines is 1. The number of rotatable bonds is 2. The molecule has 1 atom stereocenters. The Balaban J connectivity index is 1.88. The highest BCUT2D eigenvalue weighted by atomic mass is 16.2. The van der Waals surface area contributed by atoms with E-state index in [-0.39, 0.29) is 5.91 Å². The normalized spacial score (nSPS) is 19.1. The van der Waals surface area contributed by atoms with Gasteiger partial charge in [-0.25, -0.2) is 0 Å². The molecule has 0 radical (unpaired) electrons. The van der Waals surface area contributed by atoms with E-state index in [1.165, 1.54) is 0 Å². The maximum Gasteiger partial charge on any atom is 0.257 e. The summed E-state index contributed by atoms with van der Waals surface area (Å²) in [6, 6.07) is 10.2. The molecular formula is C15H18N4O. The number of aromatic nitrogens is 2. The van der Waals surface area contributed by atoms with E-state index in [1.54, 1.807) is 6.20 Å². The van der Waals surface area contributed by atoms with Gasteiger partial charge in [-0.2, -0.15) is 5.10 Å². The lowest BCUT2D eigenvalue weighted by Gasteiger charge is -2.31. The topological polar surface area (TPSA) is 61.0 Å². The fourth-order valence-electron chi connectivity index (χ4n) is 2.56. The van der Waals surface area contributed by atoms with E-state index in [4.69, 9.17) is 0 Å². The first kappa shape index (κ1) is 12.9. The van der Waals surface area contributed by atoms with Crippen LogP contribution in [-0.2, 0) is 0 Å². The number of carbonyl (C=O) groups excluding carboxylic acids is 1. The second-order valence-corrected chi connectivity index (χ2v) is 5.13. The summed E-state index contributed by atoms with van der Waals surface area (Å²) in [6.45, 7) is 4.40. The molecule has 0 saturated carbocycles. The Morgan fingerprint density at radius 2 is 2.15 bits per heavy atom. The second-order valence-electron chi connectivity index (χ2n) is 5.13. The Labute approximate surface area is 118 Å². The van der Waals surface area contributed by atoms with Crippen LogP contribution < -0.4 is 5.32 Å². The number of H-pyrrole nitrogens is 1. The number of hydrogen-bond donors (Lipinski definition) is 2. The molecule has 5 nitrogen and oxygen atoms in total. The van der Waals surface area contributed by atoms with Crippen LogP contribution in [0.2, 0.25) is 0 Å². The summed E-state index contributed by atoms with van der Waals surface area (Å²) in [4.78, 5) is 14.5. The van der Waals surface area contributed by atoms with E-state index in [0.29, 0.717) is 11.6 Å². The number of amides is 1. The molecule has 1 aromatic carbocycles. The van der Waals surface area contributed by atoms with Crippen LogP contribution in [0.25, 0.3) is 11.3 Å². The van der Waals surface area contributed by atoms with Crippen LogP contribution in [0.1, 0.15) is 17.3 Å². The summed E-state index contributed by atoms with van der Waals surface area (Å²) in [5.74, 6) is 0.0472. The fourth-order valence-corrected chi connectivity index (χ4v) is 2.56. The maximum atomic E-state index is 12.6. The van der Waals surface area contributed by atoms with Gasteiger partial charge < -0.3 is 10.2 Å². The van der Waals surface area contributed by atoms with Crippen molar-refractivity contribution in [3.63, 3.8) is 0 Å². The molecular weight excluding hydrogens is 252 g/mol. The highest BCUT2D eigenvalue weighted by Crippen LogP contribution is 2.22. The van der Waals surface area contributed by atoms with Crippen LogP contribution in [0, 0.1) is 0 Å². The molecule has 1 unspecified atom stereocenters. The van der Waals surface area contributed by atoms with Crippen molar-refractivity contribution in [1.82, 2.24) is 20.4 Å². The van der Waals surface area contributed by atoms with Crippen LogP contribution in [0.5, 0.6) is 0 Å². The van der Waals surface area contributed by atoms with Crippen molar-refractivity contribution in [2.45, 2.75) is 13.0 Å². The average Bonchev–Trinajstić information content (AvgIpc) is 2.97. The lowest BCUT2D eigenvalue weighted by molar-refractivity contribution is 0.0710. The van der Waals surface area contributed by atoms with Crippen molar-refractivity contribution in [1.29, 1.82) is 0 Å². The van der Waals surface area contributed by atoms with Gasteiger partial charge in [0.2, 0.25) is 0 Å². The highest BCUT2D eigenvalue weighted by molar-refractivity contribution is 5.99. The van der Waals surface area contributed by atoms with Gasteiger partial charge in [0.1, 0.15) is 0 Å². The van der Waals surface area contributed by atoms with E-state index in [9.17, 15) is 4.79 Å². The molecule has 1 amide bonds. The number of hydrogen-bond acceptors (Lipinski definition) is 3. The smallest absolute Gasteiger partial charge is 0.257 e. The Hall–Kier alpha value is -2.14. The van der Waals surface area contributed by atoms with Gasteiger partial charge in [0.25, 0.3) is 5.91 Å². The van der Waals surface area contributed by atoms with E-state index in [1.807, 2.05) is 35.2 Å². The van der Waals surface area contributed by atoms with Gasteiger partial charge in [-0.05, 0) is 6.92 Å². The standard InChI is InChI=1S/C15H18N4O/c1-11-10-19(8-7-16-11)15(20)13-9-17-18-14(13)12-5-3-2-4-6-12/h2-6,9,11,16H,7-8,10H2,1H3,(H,17,18). The van der Waals surface area contributed by atoms with Gasteiger partial charge in [-0.3, -0.25) is 9.89 Å². The third-order valence-electron chi connectivity index (χ3n) is 3.59. The molecule has 20 heavy (non-hydrogen) atoms. The predicted octanol–water partition coefficient (Wildman–Crippen LogP) is 1.51. The number of benzene rings is 1. The Bertz CT molecular complexity index is 593. The summed E-state index contributed by atoms with van der Waals surface area (Å²) < 4.78 is 0. The second kappa shape index (κ2) is 5.46. The van der Waals surface area contributed by atoms with Gasteiger partial charge in [0.15, 0.2) is 0 Å². The SMILES string of the molecule is CC1CN(C(=O)c2cn[nH]c2-c2ccccc2)CCN1. The molecule has 104 valence electrons. The van der Waals surface area contributed by atoms with Crippen molar-refractivity contribution in [3.8, 4) is 11.3 Å². The number of piperazine rings is 1. The molecule has 0 aliphatic carbocycles. The molecule has 1 saturated heterocycles. The van der Waals surface area contributed by atoms with Crippen molar-refractivity contribution in [3.05, 3.63) is 42.1 Å². The van der Waals surface area contributed by atoms with Gasteiger partial charge in [-0.15, -0.1) is 0 Å². The third kappa shape index (κ3) is 2.44. The van der Waals surface area contributed by atoms with Crippen LogP contribution in [-0.4, -0.2) is 46.7 Å². The molecule has 2 heterocycles. The zero-order valence-corrected chi connectivity index (χ0v) is 11.5. The summed E-state index contributed by atoms with van der Waals surface area (Å²) in [6.07, 6.45) is 1.62. The minimum Gasteiger partial charge on any atom is -0.336 e. The maximum absolute atomic E-state index is 12.6. The lowest BCUT2D eigenvalue weighted by atomic mass is 10.1. The molecule has 1 aliphatic heterocycles. The molecule has 1 aliphatic rings. The minimum atomic E-state index is 0.0472. The van der Waals surface area contributed by atoms with Crippen molar-refractivity contribution >= 4 is 5.91 Å². The first-order valence-electron chi connectivity index (χ1n) is 6.87. The molecule has 0 spiro atoms. The summed E-state index contributed by atoms with van der Waals surface area (Å²) in [7, 11) is 0. The summed E-state index contributed by atoms with van der Waals surface area (Å²) in [5, 5.41) is 10.3. The average molecular weight is 270 g/mol. The molecule has 0 bridgehead atoms. The molecule has 2 N–H and O–H groups in total. The molecule has 1 aromatic heterocycles. The van der Waals surface area contributed by atoms with Gasteiger partial charge in [0.05, 0.1) is 17.5 Å². The zero-order valence-electron chi connectivity index (χ0n) is 11.5. The van der Waals surface area contributed by atoms with E-state index in [0.717, 1.165) is 30.9 Å². The molecule has 2 aromatic rings. The number of nitrogens with zero attached hydrogens (tertiary/aromatic N) is 2. The Kier molecular flexibility index (Phi) is 3.52.